The molecular weight excluding hydrogens is 300 g/mol. The molecule has 0 amide bonds. The molecule has 0 saturated heterocycles. The predicted octanol–water partition coefficient (Wildman–Crippen LogP) is 3.82. The van der Waals surface area contributed by atoms with Gasteiger partial charge in [0.25, 0.3) is 0 Å². The van der Waals surface area contributed by atoms with Crippen LogP contribution in [0.1, 0.15) is 46.5 Å². The molecular formula is C19H28N4O. The zero-order valence-electron chi connectivity index (χ0n) is 15.2. The maximum atomic E-state index is 12.2. The van der Waals surface area contributed by atoms with Crippen molar-refractivity contribution in [1.29, 1.82) is 0 Å². The summed E-state index contributed by atoms with van der Waals surface area (Å²) in [6.45, 7) is 7.51. The van der Waals surface area contributed by atoms with Crippen molar-refractivity contribution in [2.75, 3.05) is 18.5 Å². The van der Waals surface area contributed by atoms with Gasteiger partial charge in [-0.25, -0.2) is 9.97 Å². The van der Waals surface area contributed by atoms with Crippen LogP contribution in [0.5, 0.6) is 0 Å². The summed E-state index contributed by atoms with van der Waals surface area (Å²) in [6.07, 6.45) is 7.40. The number of nitrogens with zero attached hydrogens (tertiary/aromatic N) is 3. The fraction of sp³-hybridized carbons (Fsp3) is 0.632. The molecule has 1 N–H and O–H groups in total. The summed E-state index contributed by atoms with van der Waals surface area (Å²) < 4.78 is 0. The number of nitrogens with one attached hydrogen (secondary N) is 1. The molecule has 1 aliphatic rings. The van der Waals surface area contributed by atoms with E-state index in [0.29, 0.717) is 18.1 Å². The van der Waals surface area contributed by atoms with Crippen molar-refractivity contribution in [3.05, 3.63) is 18.6 Å². The van der Waals surface area contributed by atoms with E-state index < -0.39 is 0 Å². The van der Waals surface area contributed by atoms with Crippen molar-refractivity contribution < 1.29 is 4.79 Å². The van der Waals surface area contributed by atoms with E-state index in [1.54, 1.807) is 6.33 Å². The number of carbonyl (C=O) groups excluding carboxylic acids is 1. The monoisotopic (exact) mass is 328 g/mol. The van der Waals surface area contributed by atoms with Gasteiger partial charge in [-0.05, 0) is 36.7 Å². The SMILES string of the molecule is CCC(=O)C1C[C@H](C)[C@]1(C)CCCN(C)c1ncnc2[nH]ccc12. The first-order chi connectivity index (χ1) is 11.5. The molecule has 2 aromatic rings. The lowest BCUT2D eigenvalue weighted by atomic mass is 9.51. The number of hydrogen-bond acceptors (Lipinski definition) is 4. The zero-order chi connectivity index (χ0) is 17.3. The van der Waals surface area contributed by atoms with Gasteiger partial charge < -0.3 is 9.88 Å². The van der Waals surface area contributed by atoms with Crippen molar-refractivity contribution in [2.45, 2.75) is 46.5 Å². The second kappa shape index (κ2) is 6.54. The van der Waals surface area contributed by atoms with Crippen LogP contribution < -0.4 is 4.90 Å². The summed E-state index contributed by atoms with van der Waals surface area (Å²) in [5, 5.41) is 1.06. The predicted molar refractivity (Wildman–Crippen MR) is 97.1 cm³/mol. The smallest absolute Gasteiger partial charge is 0.142 e. The van der Waals surface area contributed by atoms with E-state index in [9.17, 15) is 4.79 Å². The van der Waals surface area contributed by atoms with Crippen LogP contribution in [-0.4, -0.2) is 34.3 Å². The van der Waals surface area contributed by atoms with Gasteiger partial charge in [-0.15, -0.1) is 0 Å². The number of Topliss-reactive ketones (excluding diaryl/α,β-unsaturated/α-hetero) is 1. The molecule has 1 aliphatic carbocycles. The Kier molecular flexibility index (Phi) is 4.61. The Morgan fingerprint density at radius 2 is 2.25 bits per heavy atom. The van der Waals surface area contributed by atoms with Crippen LogP contribution in [0.25, 0.3) is 11.0 Å². The molecule has 24 heavy (non-hydrogen) atoms. The second-order valence-corrected chi connectivity index (χ2v) is 7.48. The van der Waals surface area contributed by atoms with Gasteiger partial charge in [-0.3, -0.25) is 4.79 Å². The van der Waals surface area contributed by atoms with Gasteiger partial charge in [0.2, 0.25) is 0 Å². The van der Waals surface area contributed by atoms with Crippen molar-refractivity contribution in [3.63, 3.8) is 0 Å². The molecule has 0 radical (unpaired) electrons. The van der Waals surface area contributed by atoms with Crippen molar-refractivity contribution >= 4 is 22.6 Å². The van der Waals surface area contributed by atoms with Gasteiger partial charge in [0.15, 0.2) is 0 Å². The van der Waals surface area contributed by atoms with Crippen LogP contribution in [0, 0.1) is 17.3 Å². The third kappa shape index (κ3) is 2.80. The molecule has 0 bridgehead atoms. The molecule has 3 rings (SSSR count). The third-order valence-corrected chi connectivity index (χ3v) is 6.15. The van der Waals surface area contributed by atoms with E-state index >= 15 is 0 Å². The van der Waals surface area contributed by atoms with Crippen molar-refractivity contribution in [3.8, 4) is 0 Å². The standard InChI is InChI=1S/C19H28N4O/c1-5-16(24)15-11-13(2)19(15,3)8-6-10-23(4)18-14-7-9-20-17(14)21-12-22-18/h7,9,12-13,15H,5-6,8,10-11H2,1-4H3,(H,20,21,22)/t13-,15?,19-/m0/s1. The van der Waals surface area contributed by atoms with E-state index in [-0.39, 0.29) is 11.3 Å². The van der Waals surface area contributed by atoms with Crippen LogP contribution in [0.2, 0.25) is 0 Å². The van der Waals surface area contributed by atoms with Crippen LogP contribution in [0.3, 0.4) is 0 Å². The van der Waals surface area contributed by atoms with Crippen molar-refractivity contribution in [2.24, 2.45) is 17.3 Å². The molecule has 130 valence electrons. The maximum Gasteiger partial charge on any atom is 0.142 e. The Labute approximate surface area is 143 Å². The van der Waals surface area contributed by atoms with Crippen LogP contribution >= 0.6 is 0 Å². The average molecular weight is 328 g/mol. The lowest BCUT2D eigenvalue weighted by Crippen LogP contribution is -2.49. The van der Waals surface area contributed by atoms with E-state index in [4.69, 9.17) is 0 Å². The highest BCUT2D eigenvalue weighted by Crippen LogP contribution is 2.55. The highest BCUT2D eigenvalue weighted by molar-refractivity contribution is 5.87. The molecule has 0 aliphatic heterocycles. The number of rotatable bonds is 7. The summed E-state index contributed by atoms with van der Waals surface area (Å²) in [7, 11) is 2.08. The van der Waals surface area contributed by atoms with Gasteiger partial charge in [-0.1, -0.05) is 20.8 Å². The molecule has 3 atom stereocenters. The number of fused-ring (bicyclic) bond motifs is 1. The number of H-pyrrole nitrogens is 1. The molecule has 2 heterocycles. The Morgan fingerprint density at radius 1 is 1.46 bits per heavy atom. The molecule has 1 saturated carbocycles. The molecule has 1 fully saturated rings. The van der Waals surface area contributed by atoms with Crippen LogP contribution in [-0.2, 0) is 4.79 Å². The minimum atomic E-state index is 0.170. The highest BCUT2D eigenvalue weighted by atomic mass is 16.1. The Hall–Kier alpha value is -1.91. The van der Waals surface area contributed by atoms with Gasteiger partial charge >= 0.3 is 0 Å². The number of aromatic nitrogens is 3. The van der Waals surface area contributed by atoms with E-state index in [1.165, 1.54) is 0 Å². The number of carbonyl (C=O) groups is 1. The Morgan fingerprint density at radius 3 is 2.96 bits per heavy atom. The number of ketones is 1. The largest absolute Gasteiger partial charge is 0.359 e. The van der Waals surface area contributed by atoms with Crippen molar-refractivity contribution in [1.82, 2.24) is 15.0 Å². The first kappa shape index (κ1) is 16.9. The fourth-order valence-electron chi connectivity index (χ4n) is 4.21. The molecule has 5 heteroatoms. The Bertz CT molecular complexity index is 725. The van der Waals surface area contributed by atoms with Gasteiger partial charge in [-0.2, -0.15) is 0 Å². The maximum absolute atomic E-state index is 12.2. The Balaban J connectivity index is 1.62. The molecule has 0 spiro atoms. The quantitative estimate of drug-likeness (QED) is 0.839. The topological polar surface area (TPSA) is 61.9 Å². The van der Waals surface area contributed by atoms with E-state index in [0.717, 1.165) is 42.7 Å². The fourth-order valence-corrected chi connectivity index (χ4v) is 4.21. The van der Waals surface area contributed by atoms with Crippen LogP contribution in [0.4, 0.5) is 5.82 Å². The molecule has 0 aromatic carbocycles. The first-order valence-corrected chi connectivity index (χ1v) is 8.99. The van der Waals surface area contributed by atoms with E-state index in [1.807, 2.05) is 19.2 Å². The summed E-state index contributed by atoms with van der Waals surface area (Å²) in [5.41, 5.74) is 1.04. The average Bonchev–Trinajstić information content (AvgIpc) is 3.07. The van der Waals surface area contributed by atoms with Gasteiger partial charge in [0.1, 0.15) is 23.6 Å². The lowest BCUT2D eigenvalue weighted by molar-refractivity contribution is -0.139. The molecule has 5 nitrogen and oxygen atoms in total. The number of aromatic amines is 1. The second-order valence-electron chi connectivity index (χ2n) is 7.48. The normalized spacial score (nSPS) is 26.3. The van der Waals surface area contributed by atoms with Gasteiger partial charge in [0.05, 0.1) is 5.39 Å². The van der Waals surface area contributed by atoms with E-state index in [2.05, 4.69) is 40.7 Å². The minimum absolute atomic E-state index is 0.170. The summed E-state index contributed by atoms with van der Waals surface area (Å²) in [6, 6.07) is 2.02. The minimum Gasteiger partial charge on any atom is -0.359 e. The zero-order valence-corrected chi connectivity index (χ0v) is 15.2. The summed E-state index contributed by atoms with van der Waals surface area (Å²) in [4.78, 5) is 26.2. The number of hydrogen-bond donors (Lipinski definition) is 1. The lowest BCUT2D eigenvalue weighted by Gasteiger charge is -2.52. The number of anilines is 1. The summed E-state index contributed by atoms with van der Waals surface area (Å²) >= 11 is 0. The third-order valence-electron chi connectivity index (χ3n) is 6.15. The first-order valence-electron chi connectivity index (χ1n) is 8.99. The van der Waals surface area contributed by atoms with Gasteiger partial charge in [0, 0.05) is 32.1 Å². The highest BCUT2D eigenvalue weighted by Gasteiger charge is 2.50. The summed E-state index contributed by atoms with van der Waals surface area (Å²) in [5.74, 6) is 2.31. The van der Waals surface area contributed by atoms with Crippen LogP contribution in [0.15, 0.2) is 18.6 Å². The molecule has 1 unspecified atom stereocenters. The molecule has 2 aromatic heterocycles.